The molecule has 0 bridgehead atoms. The number of para-hydroxylation sites is 1. The zero-order chi connectivity index (χ0) is 18.8. The van der Waals surface area contributed by atoms with Crippen LogP contribution in [0.15, 0.2) is 63.9 Å². The van der Waals surface area contributed by atoms with Crippen LogP contribution in [0.4, 0.5) is 5.69 Å². The summed E-state index contributed by atoms with van der Waals surface area (Å²) in [5.41, 5.74) is 2.37. The third kappa shape index (κ3) is 3.36. The van der Waals surface area contributed by atoms with E-state index in [0.717, 1.165) is 18.8 Å². The molecular formula is C20H21N4O3+. The van der Waals surface area contributed by atoms with Crippen LogP contribution in [-0.4, -0.2) is 42.3 Å². The monoisotopic (exact) mass is 365 g/mol. The van der Waals surface area contributed by atoms with E-state index in [0.29, 0.717) is 18.8 Å². The SMILES string of the molecule is Cc1ccc(N2CCN(C(=O)c3c(=O)o[nH][n+]3-c3ccccc3)CC2)cc1. The minimum absolute atomic E-state index is 0.00927. The molecule has 0 aliphatic carbocycles. The van der Waals surface area contributed by atoms with Gasteiger partial charge >= 0.3 is 17.2 Å². The average Bonchev–Trinajstić information content (AvgIpc) is 3.10. The summed E-state index contributed by atoms with van der Waals surface area (Å²) in [6.45, 7) is 4.59. The molecule has 27 heavy (non-hydrogen) atoms. The molecule has 7 nitrogen and oxygen atoms in total. The molecule has 1 amide bonds. The van der Waals surface area contributed by atoms with Crippen molar-refractivity contribution in [1.29, 1.82) is 0 Å². The first-order valence-corrected chi connectivity index (χ1v) is 8.93. The van der Waals surface area contributed by atoms with E-state index in [1.807, 2.05) is 18.2 Å². The Hall–Kier alpha value is -3.35. The second kappa shape index (κ2) is 7.11. The van der Waals surface area contributed by atoms with Crippen molar-refractivity contribution in [3.05, 3.63) is 76.3 Å². The molecule has 2 heterocycles. The number of hydrogen-bond acceptors (Lipinski definition) is 4. The maximum atomic E-state index is 13.0. The second-order valence-electron chi connectivity index (χ2n) is 6.62. The number of carbonyl (C=O) groups is 1. The maximum absolute atomic E-state index is 13.0. The van der Waals surface area contributed by atoms with E-state index in [4.69, 9.17) is 4.52 Å². The van der Waals surface area contributed by atoms with Crippen molar-refractivity contribution in [2.75, 3.05) is 31.1 Å². The Labute approximate surface area is 156 Å². The quantitative estimate of drug-likeness (QED) is 0.714. The van der Waals surface area contributed by atoms with Gasteiger partial charge in [0.25, 0.3) is 0 Å². The van der Waals surface area contributed by atoms with Gasteiger partial charge in [-0.25, -0.2) is 4.79 Å². The molecule has 0 saturated carbocycles. The average molecular weight is 365 g/mol. The largest absolute Gasteiger partial charge is 0.441 e. The molecule has 4 rings (SSSR count). The summed E-state index contributed by atoms with van der Waals surface area (Å²) in [6.07, 6.45) is 0. The number of anilines is 1. The van der Waals surface area contributed by atoms with Crippen molar-refractivity contribution in [1.82, 2.24) is 10.2 Å². The number of H-pyrrole nitrogens is 1. The van der Waals surface area contributed by atoms with Crippen molar-refractivity contribution in [3.8, 4) is 5.69 Å². The van der Waals surface area contributed by atoms with Gasteiger partial charge < -0.3 is 9.80 Å². The second-order valence-corrected chi connectivity index (χ2v) is 6.62. The van der Waals surface area contributed by atoms with Crippen LogP contribution in [-0.2, 0) is 0 Å². The number of aromatic nitrogens is 2. The van der Waals surface area contributed by atoms with E-state index in [1.165, 1.54) is 10.2 Å². The van der Waals surface area contributed by atoms with Crippen LogP contribution >= 0.6 is 0 Å². The summed E-state index contributed by atoms with van der Waals surface area (Å²) >= 11 is 0. The Morgan fingerprint density at radius 1 is 1.00 bits per heavy atom. The van der Waals surface area contributed by atoms with Crippen molar-refractivity contribution in [2.24, 2.45) is 0 Å². The molecule has 1 aliphatic rings. The molecule has 0 spiro atoms. The molecule has 0 unspecified atom stereocenters. The molecule has 1 saturated heterocycles. The molecule has 1 N–H and O–H groups in total. The zero-order valence-electron chi connectivity index (χ0n) is 15.1. The number of rotatable bonds is 3. The van der Waals surface area contributed by atoms with E-state index in [-0.39, 0.29) is 11.6 Å². The third-order valence-electron chi connectivity index (χ3n) is 4.83. The minimum atomic E-state index is -0.662. The van der Waals surface area contributed by atoms with Gasteiger partial charge in [0.15, 0.2) is 0 Å². The van der Waals surface area contributed by atoms with Gasteiger partial charge in [-0.1, -0.05) is 35.9 Å². The predicted octanol–water partition coefficient (Wildman–Crippen LogP) is 1.52. The molecule has 2 aromatic carbocycles. The van der Waals surface area contributed by atoms with Gasteiger partial charge in [-0.05, 0) is 29.0 Å². The van der Waals surface area contributed by atoms with Crippen LogP contribution in [0.1, 0.15) is 16.1 Å². The summed E-state index contributed by atoms with van der Waals surface area (Å²) in [7, 11) is 0. The van der Waals surface area contributed by atoms with Gasteiger partial charge in [-0.15, -0.1) is 0 Å². The fourth-order valence-electron chi connectivity index (χ4n) is 3.29. The van der Waals surface area contributed by atoms with Crippen LogP contribution in [0.25, 0.3) is 5.69 Å². The molecule has 0 atom stereocenters. The summed E-state index contributed by atoms with van der Waals surface area (Å²) in [6, 6.07) is 17.5. The molecule has 138 valence electrons. The standard InChI is InChI=1S/C20H20N4O3/c1-15-7-9-16(10-8-15)22-11-13-23(14-12-22)19(25)18-20(26)27-21-24(18)17-5-3-2-4-6-17/h2-10H,11-14H2,1H3/p+1. The van der Waals surface area contributed by atoms with E-state index in [9.17, 15) is 9.59 Å². The van der Waals surface area contributed by atoms with Crippen molar-refractivity contribution < 1.29 is 14.0 Å². The van der Waals surface area contributed by atoms with Gasteiger partial charge in [0.1, 0.15) is 0 Å². The van der Waals surface area contributed by atoms with E-state index < -0.39 is 5.63 Å². The first kappa shape index (κ1) is 17.1. The number of amides is 1. The highest BCUT2D eigenvalue weighted by Crippen LogP contribution is 2.17. The number of hydrogen-bond donors (Lipinski definition) is 1. The first-order chi connectivity index (χ1) is 13.1. The van der Waals surface area contributed by atoms with Gasteiger partial charge in [0.2, 0.25) is 5.69 Å². The number of aryl methyl sites for hydroxylation is 1. The number of benzene rings is 2. The van der Waals surface area contributed by atoms with E-state index >= 15 is 0 Å². The Morgan fingerprint density at radius 2 is 1.67 bits per heavy atom. The van der Waals surface area contributed by atoms with E-state index in [1.54, 1.807) is 17.0 Å². The molecular weight excluding hydrogens is 344 g/mol. The predicted molar refractivity (Wildman–Crippen MR) is 100 cm³/mol. The molecule has 0 radical (unpaired) electrons. The van der Waals surface area contributed by atoms with Gasteiger partial charge in [-0.3, -0.25) is 9.32 Å². The summed E-state index contributed by atoms with van der Waals surface area (Å²) in [4.78, 5) is 29.1. The lowest BCUT2D eigenvalue weighted by Crippen LogP contribution is -2.53. The zero-order valence-corrected chi connectivity index (χ0v) is 15.1. The number of nitrogens with one attached hydrogen (secondary N) is 1. The van der Waals surface area contributed by atoms with Crippen molar-refractivity contribution in [2.45, 2.75) is 6.92 Å². The van der Waals surface area contributed by atoms with Crippen LogP contribution < -0.4 is 15.2 Å². The molecule has 3 aromatic rings. The first-order valence-electron chi connectivity index (χ1n) is 8.93. The summed E-state index contributed by atoms with van der Waals surface area (Å²) in [5.74, 6) is -0.322. The third-order valence-corrected chi connectivity index (χ3v) is 4.83. The lowest BCUT2D eigenvalue weighted by molar-refractivity contribution is -0.672. The minimum Gasteiger partial charge on any atom is -0.368 e. The molecule has 7 heteroatoms. The van der Waals surface area contributed by atoms with Crippen molar-refractivity contribution in [3.63, 3.8) is 0 Å². The van der Waals surface area contributed by atoms with Crippen molar-refractivity contribution >= 4 is 11.6 Å². The highest BCUT2D eigenvalue weighted by molar-refractivity contribution is 5.90. The maximum Gasteiger partial charge on any atom is 0.441 e. The molecule has 1 aromatic heterocycles. The Bertz CT molecular complexity index is 984. The Morgan fingerprint density at radius 3 is 2.33 bits per heavy atom. The molecule has 1 aliphatic heterocycles. The normalized spacial score (nSPS) is 14.4. The lowest BCUT2D eigenvalue weighted by Gasteiger charge is -2.35. The van der Waals surface area contributed by atoms with Crippen LogP contribution in [0, 0.1) is 6.92 Å². The fraction of sp³-hybridized carbons (Fsp3) is 0.250. The number of piperazine rings is 1. The van der Waals surface area contributed by atoms with Gasteiger partial charge in [0.05, 0.1) is 0 Å². The topological polar surface area (TPSA) is 73.4 Å². The summed E-state index contributed by atoms with van der Waals surface area (Å²) < 4.78 is 6.29. The van der Waals surface area contributed by atoms with E-state index in [2.05, 4.69) is 41.4 Å². The van der Waals surface area contributed by atoms with Gasteiger partial charge in [-0.2, -0.15) is 0 Å². The van der Waals surface area contributed by atoms with Crippen LogP contribution in [0.2, 0.25) is 0 Å². The van der Waals surface area contributed by atoms with Gasteiger partial charge in [0, 0.05) is 44.0 Å². The Kier molecular flexibility index (Phi) is 4.50. The number of carbonyl (C=O) groups excluding carboxylic acids is 1. The number of aromatic amines is 1. The summed E-state index contributed by atoms with van der Waals surface area (Å²) in [5, 5.41) is 2.52. The lowest BCUT2D eigenvalue weighted by atomic mass is 10.2. The highest BCUT2D eigenvalue weighted by atomic mass is 16.5. The highest BCUT2D eigenvalue weighted by Gasteiger charge is 2.35. The van der Waals surface area contributed by atoms with Crippen LogP contribution in [0.5, 0.6) is 0 Å². The van der Waals surface area contributed by atoms with Crippen LogP contribution in [0.3, 0.4) is 0 Å². The molecule has 1 fully saturated rings. The smallest absolute Gasteiger partial charge is 0.368 e. The number of nitrogens with zero attached hydrogens (tertiary/aromatic N) is 3. The fourth-order valence-corrected chi connectivity index (χ4v) is 3.29. The Balaban J connectivity index is 1.51.